The van der Waals surface area contributed by atoms with Crippen LogP contribution in [0.2, 0.25) is 0 Å². The van der Waals surface area contributed by atoms with Crippen LogP contribution in [0.1, 0.15) is 40.6 Å². The second kappa shape index (κ2) is 4.47. The van der Waals surface area contributed by atoms with E-state index in [0.29, 0.717) is 11.6 Å². The molecule has 0 atom stereocenters. The summed E-state index contributed by atoms with van der Waals surface area (Å²) in [5, 5.41) is 0. The summed E-state index contributed by atoms with van der Waals surface area (Å²) < 4.78 is 15.3. The van der Waals surface area contributed by atoms with Gasteiger partial charge in [0.05, 0.1) is 5.56 Å². The first kappa shape index (κ1) is 12.9. The SMILES string of the molecule is Cc1c(C(N)=O)c(-c2ccc(F)cc2)c(C)n1C1CC1. The second-order valence-electron chi connectivity index (χ2n) is 5.39. The fourth-order valence-corrected chi connectivity index (χ4v) is 3.01. The largest absolute Gasteiger partial charge is 0.366 e. The number of nitrogens with zero attached hydrogens (tertiary/aromatic N) is 1. The highest BCUT2D eigenvalue weighted by Gasteiger charge is 2.31. The molecule has 1 aliphatic rings. The molecule has 0 saturated heterocycles. The second-order valence-corrected chi connectivity index (χ2v) is 5.39. The topological polar surface area (TPSA) is 48.0 Å². The van der Waals surface area contributed by atoms with E-state index >= 15 is 0 Å². The monoisotopic (exact) mass is 272 g/mol. The van der Waals surface area contributed by atoms with Crippen LogP contribution in [-0.2, 0) is 0 Å². The Morgan fingerprint density at radius 1 is 1.20 bits per heavy atom. The highest BCUT2D eigenvalue weighted by atomic mass is 19.1. The van der Waals surface area contributed by atoms with Crippen LogP contribution >= 0.6 is 0 Å². The van der Waals surface area contributed by atoms with Crippen LogP contribution in [-0.4, -0.2) is 10.5 Å². The van der Waals surface area contributed by atoms with Crippen LogP contribution in [0, 0.1) is 19.7 Å². The lowest BCUT2D eigenvalue weighted by Crippen LogP contribution is -2.13. The van der Waals surface area contributed by atoms with Gasteiger partial charge in [-0.3, -0.25) is 4.79 Å². The number of halogens is 1. The third kappa shape index (κ3) is 1.92. The maximum atomic E-state index is 13.1. The summed E-state index contributed by atoms with van der Waals surface area (Å²) in [5.41, 5.74) is 9.73. The molecule has 4 heteroatoms. The van der Waals surface area contributed by atoms with Crippen LogP contribution in [0.4, 0.5) is 4.39 Å². The van der Waals surface area contributed by atoms with Crippen LogP contribution in [0.25, 0.3) is 11.1 Å². The molecule has 20 heavy (non-hydrogen) atoms. The molecule has 104 valence electrons. The molecular weight excluding hydrogens is 255 g/mol. The molecule has 1 aromatic carbocycles. The number of hydrogen-bond acceptors (Lipinski definition) is 1. The van der Waals surface area contributed by atoms with Gasteiger partial charge in [-0.15, -0.1) is 0 Å². The molecule has 1 fully saturated rings. The van der Waals surface area contributed by atoms with Gasteiger partial charge >= 0.3 is 0 Å². The van der Waals surface area contributed by atoms with Gasteiger partial charge in [0.25, 0.3) is 5.91 Å². The zero-order valence-corrected chi connectivity index (χ0v) is 11.6. The number of primary amides is 1. The van der Waals surface area contributed by atoms with E-state index < -0.39 is 5.91 Å². The van der Waals surface area contributed by atoms with Crippen LogP contribution < -0.4 is 5.73 Å². The highest BCUT2D eigenvalue weighted by Crippen LogP contribution is 2.42. The Morgan fingerprint density at radius 3 is 2.30 bits per heavy atom. The van der Waals surface area contributed by atoms with E-state index in [0.717, 1.165) is 35.4 Å². The minimum atomic E-state index is -0.427. The number of benzene rings is 1. The van der Waals surface area contributed by atoms with Crippen molar-refractivity contribution in [1.82, 2.24) is 4.57 Å². The van der Waals surface area contributed by atoms with Gasteiger partial charge in [-0.1, -0.05) is 12.1 Å². The van der Waals surface area contributed by atoms with Crippen molar-refractivity contribution in [3.05, 3.63) is 47.0 Å². The van der Waals surface area contributed by atoms with Crippen molar-refractivity contribution in [2.24, 2.45) is 5.73 Å². The Kier molecular flexibility index (Phi) is 2.89. The number of hydrogen-bond donors (Lipinski definition) is 1. The summed E-state index contributed by atoms with van der Waals surface area (Å²) in [4.78, 5) is 11.8. The van der Waals surface area contributed by atoms with Crippen LogP contribution in [0.3, 0.4) is 0 Å². The maximum Gasteiger partial charge on any atom is 0.251 e. The van der Waals surface area contributed by atoms with Gasteiger partial charge in [0.15, 0.2) is 0 Å². The van der Waals surface area contributed by atoms with E-state index in [2.05, 4.69) is 4.57 Å². The Bertz CT molecular complexity index is 681. The van der Waals surface area contributed by atoms with Gasteiger partial charge in [-0.05, 0) is 44.4 Å². The van der Waals surface area contributed by atoms with E-state index in [1.807, 2.05) is 13.8 Å². The third-order valence-electron chi connectivity index (χ3n) is 3.99. The number of aromatic nitrogens is 1. The smallest absolute Gasteiger partial charge is 0.251 e. The number of carbonyl (C=O) groups is 1. The predicted octanol–water partition coefficient (Wildman–Crippen LogP) is 3.34. The molecule has 1 amide bonds. The Labute approximate surface area is 117 Å². The van der Waals surface area contributed by atoms with Gasteiger partial charge in [0, 0.05) is 23.0 Å². The normalized spacial score (nSPS) is 14.6. The first-order chi connectivity index (χ1) is 9.50. The molecule has 0 spiro atoms. The van der Waals surface area contributed by atoms with Crippen molar-refractivity contribution in [3.63, 3.8) is 0 Å². The van der Waals surface area contributed by atoms with Gasteiger partial charge in [0.2, 0.25) is 0 Å². The van der Waals surface area contributed by atoms with E-state index in [4.69, 9.17) is 5.73 Å². The molecular formula is C16H17FN2O. The third-order valence-corrected chi connectivity index (χ3v) is 3.99. The number of rotatable bonds is 3. The molecule has 1 heterocycles. The van der Waals surface area contributed by atoms with Crippen molar-refractivity contribution in [1.29, 1.82) is 0 Å². The Balaban J connectivity index is 2.25. The molecule has 2 aromatic rings. The zero-order valence-electron chi connectivity index (χ0n) is 11.6. The van der Waals surface area contributed by atoms with Crippen molar-refractivity contribution in [3.8, 4) is 11.1 Å². The maximum absolute atomic E-state index is 13.1. The van der Waals surface area contributed by atoms with Gasteiger partial charge in [0.1, 0.15) is 5.82 Å². The van der Waals surface area contributed by atoms with E-state index in [1.165, 1.54) is 12.1 Å². The quantitative estimate of drug-likeness (QED) is 0.915. The molecule has 0 bridgehead atoms. The molecule has 0 radical (unpaired) electrons. The molecule has 1 aromatic heterocycles. The summed E-state index contributed by atoms with van der Waals surface area (Å²) in [6.07, 6.45) is 2.27. The zero-order chi connectivity index (χ0) is 14.4. The fraction of sp³-hybridized carbons (Fsp3) is 0.312. The van der Waals surface area contributed by atoms with E-state index in [1.54, 1.807) is 12.1 Å². The van der Waals surface area contributed by atoms with Gasteiger partial charge < -0.3 is 10.3 Å². The van der Waals surface area contributed by atoms with Gasteiger partial charge in [-0.25, -0.2) is 4.39 Å². The molecule has 0 aliphatic heterocycles. The van der Waals surface area contributed by atoms with Crippen molar-refractivity contribution < 1.29 is 9.18 Å². The lowest BCUT2D eigenvalue weighted by Gasteiger charge is -2.07. The van der Waals surface area contributed by atoms with E-state index in [-0.39, 0.29) is 5.82 Å². The van der Waals surface area contributed by atoms with Crippen molar-refractivity contribution >= 4 is 5.91 Å². The first-order valence-corrected chi connectivity index (χ1v) is 6.78. The number of amides is 1. The summed E-state index contributed by atoms with van der Waals surface area (Å²) in [7, 11) is 0. The number of nitrogens with two attached hydrogens (primary N) is 1. The lowest BCUT2D eigenvalue weighted by molar-refractivity contribution is 0.1000. The molecule has 1 saturated carbocycles. The average molecular weight is 272 g/mol. The molecule has 2 N–H and O–H groups in total. The number of carbonyl (C=O) groups excluding carboxylic acids is 1. The van der Waals surface area contributed by atoms with Gasteiger partial charge in [-0.2, -0.15) is 0 Å². The van der Waals surface area contributed by atoms with Crippen LogP contribution in [0.15, 0.2) is 24.3 Å². The van der Waals surface area contributed by atoms with Crippen molar-refractivity contribution in [2.45, 2.75) is 32.7 Å². The standard InChI is InChI=1S/C16H17FN2O/c1-9-14(11-3-5-12(17)6-4-11)15(16(18)20)10(2)19(9)13-7-8-13/h3-6,13H,7-8H2,1-2H3,(H2,18,20). The lowest BCUT2D eigenvalue weighted by atomic mass is 10.00. The summed E-state index contributed by atoms with van der Waals surface area (Å²) in [5.74, 6) is -0.713. The molecule has 3 nitrogen and oxygen atoms in total. The summed E-state index contributed by atoms with van der Waals surface area (Å²) >= 11 is 0. The summed E-state index contributed by atoms with van der Waals surface area (Å²) in [6, 6.07) is 6.68. The average Bonchev–Trinajstić information content (AvgIpc) is 3.17. The minimum Gasteiger partial charge on any atom is -0.366 e. The highest BCUT2D eigenvalue weighted by molar-refractivity contribution is 6.02. The Morgan fingerprint density at radius 2 is 1.80 bits per heavy atom. The fourth-order valence-electron chi connectivity index (χ4n) is 3.01. The molecule has 1 aliphatic carbocycles. The molecule has 0 unspecified atom stereocenters. The summed E-state index contributed by atoms with van der Waals surface area (Å²) in [6.45, 7) is 3.93. The predicted molar refractivity (Wildman–Crippen MR) is 76.1 cm³/mol. The van der Waals surface area contributed by atoms with E-state index in [9.17, 15) is 9.18 Å². The Hall–Kier alpha value is -2.10. The molecule has 3 rings (SSSR count). The minimum absolute atomic E-state index is 0.287. The first-order valence-electron chi connectivity index (χ1n) is 6.78. The van der Waals surface area contributed by atoms with Crippen molar-refractivity contribution in [2.75, 3.05) is 0 Å². The van der Waals surface area contributed by atoms with Crippen LogP contribution in [0.5, 0.6) is 0 Å².